The van der Waals surface area contributed by atoms with E-state index < -0.39 is 10.0 Å². The lowest BCUT2D eigenvalue weighted by atomic mass is 10.2. The van der Waals surface area contributed by atoms with Crippen LogP contribution in [0.25, 0.3) is 0 Å². The molecular formula is C16H21N3O3S. The van der Waals surface area contributed by atoms with E-state index in [-0.39, 0.29) is 18.9 Å². The topological polar surface area (TPSA) is 81.2 Å². The molecule has 0 aliphatic rings. The summed E-state index contributed by atoms with van der Waals surface area (Å²) in [6, 6.07) is 9.39. The van der Waals surface area contributed by atoms with Gasteiger partial charge in [0.1, 0.15) is 18.7 Å². The zero-order chi connectivity index (χ0) is 16.7. The van der Waals surface area contributed by atoms with E-state index in [1.165, 1.54) is 11.9 Å². The SMILES string of the molecule is CCc1ccc(OCCS(=O)(=O)NCc2cc(C)ncn2)cc1. The molecule has 1 aromatic carbocycles. The second kappa shape index (κ2) is 8.03. The summed E-state index contributed by atoms with van der Waals surface area (Å²) >= 11 is 0. The molecule has 23 heavy (non-hydrogen) atoms. The second-order valence-corrected chi connectivity index (χ2v) is 7.06. The van der Waals surface area contributed by atoms with Crippen LogP contribution in [0, 0.1) is 6.92 Å². The smallest absolute Gasteiger partial charge is 0.215 e. The predicted molar refractivity (Wildman–Crippen MR) is 88.7 cm³/mol. The Kier molecular flexibility index (Phi) is 6.06. The van der Waals surface area contributed by atoms with Crippen LogP contribution in [0.4, 0.5) is 0 Å². The second-order valence-electron chi connectivity index (χ2n) is 5.14. The summed E-state index contributed by atoms with van der Waals surface area (Å²) in [5, 5.41) is 0. The first-order chi connectivity index (χ1) is 11.0. The quantitative estimate of drug-likeness (QED) is 0.796. The van der Waals surface area contributed by atoms with Crippen molar-refractivity contribution < 1.29 is 13.2 Å². The van der Waals surface area contributed by atoms with Crippen molar-refractivity contribution in [1.29, 1.82) is 0 Å². The molecule has 0 aliphatic heterocycles. The highest BCUT2D eigenvalue weighted by atomic mass is 32.2. The van der Waals surface area contributed by atoms with Crippen molar-refractivity contribution in [2.24, 2.45) is 0 Å². The van der Waals surface area contributed by atoms with Crippen molar-refractivity contribution >= 4 is 10.0 Å². The van der Waals surface area contributed by atoms with Gasteiger partial charge in [-0.15, -0.1) is 0 Å². The summed E-state index contributed by atoms with van der Waals surface area (Å²) in [7, 11) is -3.41. The fourth-order valence-corrected chi connectivity index (χ4v) is 2.77. The van der Waals surface area contributed by atoms with Crippen molar-refractivity contribution in [3.63, 3.8) is 0 Å². The van der Waals surface area contributed by atoms with E-state index >= 15 is 0 Å². The van der Waals surface area contributed by atoms with Gasteiger partial charge in [0, 0.05) is 5.69 Å². The van der Waals surface area contributed by atoms with Gasteiger partial charge in [-0.3, -0.25) is 0 Å². The summed E-state index contributed by atoms with van der Waals surface area (Å²) in [4.78, 5) is 7.99. The zero-order valence-electron chi connectivity index (χ0n) is 13.3. The van der Waals surface area contributed by atoms with Crippen LogP contribution < -0.4 is 9.46 Å². The van der Waals surface area contributed by atoms with Crippen LogP contribution in [0.2, 0.25) is 0 Å². The molecule has 0 radical (unpaired) electrons. The number of rotatable bonds is 8. The number of aryl methyl sites for hydroxylation is 2. The molecule has 7 heteroatoms. The van der Waals surface area contributed by atoms with E-state index in [1.807, 2.05) is 31.2 Å². The molecule has 124 valence electrons. The van der Waals surface area contributed by atoms with E-state index in [0.717, 1.165) is 12.1 Å². The molecule has 1 N–H and O–H groups in total. The number of hydrogen-bond donors (Lipinski definition) is 1. The van der Waals surface area contributed by atoms with Gasteiger partial charge in [-0.05, 0) is 37.1 Å². The van der Waals surface area contributed by atoms with Crippen LogP contribution in [0.5, 0.6) is 5.75 Å². The lowest BCUT2D eigenvalue weighted by Gasteiger charge is -2.09. The van der Waals surface area contributed by atoms with Crippen molar-refractivity contribution in [3.8, 4) is 5.75 Å². The number of nitrogens with zero attached hydrogens (tertiary/aromatic N) is 2. The molecule has 2 rings (SSSR count). The molecule has 0 saturated heterocycles. The summed E-state index contributed by atoms with van der Waals surface area (Å²) in [5.41, 5.74) is 2.65. The van der Waals surface area contributed by atoms with Crippen LogP contribution in [-0.4, -0.2) is 30.7 Å². The highest BCUT2D eigenvalue weighted by Crippen LogP contribution is 2.12. The van der Waals surface area contributed by atoms with E-state index in [1.54, 1.807) is 6.07 Å². The zero-order valence-corrected chi connectivity index (χ0v) is 14.1. The van der Waals surface area contributed by atoms with Gasteiger partial charge < -0.3 is 4.74 Å². The molecule has 6 nitrogen and oxygen atoms in total. The van der Waals surface area contributed by atoms with Crippen molar-refractivity contribution in [3.05, 3.63) is 53.6 Å². The van der Waals surface area contributed by atoms with Crippen molar-refractivity contribution in [2.45, 2.75) is 26.8 Å². The van der Waals surface area contributed by atoms with E-state index in [2.05, 4.69) is 21.6 Å². The van der Waals surface area contributed by atoms with Gasteiger partial charge in [0.15, 0.2) is 0 Å². The fourth-order valence-electron chi connectivity index (χ4n) is 1.95. The lowest BCUT2D eigenvalue weighted by Crippen LogP contribution is -2.29. The fraction of sp³-hybridized carbons (Fsp3) is 0.375. The minimum Gasteiger partial charge on any atom is -0.492 e. The van der Waals surface area contributed by atoms with Crippen molar-refractivity contribution in [2.75, 3.05) is 12.4 Å². The van der Waals surface area contributed by atoms with Crippen LogP contribution in [0.1, 0.15) is 23.9 Å². The Labute approximate surface area is 137 Å². The Morgan fingerprint density at radius 3 is 2.57 bits per heavy atom. The first kappa shape index (κ1) is 17.4. The highest BCUT2D eigenvalue weighted by molar-refractivity contribution is 7.89. The number of ether oxygens (including phenoxy) is 1. The molecule has 0 spiro atoms. The molecule has 0 atom stereocenters. The van der Waals surface area contributed by atoms with Gasteiger partial charge in [0.2, 0.25) is 10.0 Å². The monoisotopic (exact) mass is 335 g/mol. The van der Waals surface area contributed by atoms with Crippen LogP contribution in [-0.2, 0) is 23.0 Å². The Balaban J connectivity index is 1.79. The molecule has 0 bridgehead atoms. The summed E-state index contributed by atoms with van der Waals surface area (Å²) in [6.45, 7) is 4.16. The van der Waals surface area contributed by atoms with Crippen LogP contribution in [0.15, 0.2) is 36.7 Å². The molecule has 0 aliphatic carbocycles. The molecule has 0 saturated carbocycles. The largest absolute Gasteiger partial charge is 0.492 e. The molecular weight excluding hydrogens is 314 g/mol. The maximum atomic E-state index is 11.9. The minimum absolute atomic E-state index is 0.101. The maximum Gasteiger partial charge on any atom is 0.215 e. The molecule has 1 heterocycles. The predicted octanol–water partition coefficient (Wildman–Crippen LogP) is 1.85. The maximum absolute atomic E-state index is 11.9. The summed E-state index contributed by atoms with van der Waals surface area (Å²) in [6.07, 6.45) is 2.38. The van der Waals surface area contributed by atoms with Gasteiger partial charge in [-0.1, -0.05) is 19.1 Å². The summed E-state index contributed by atoms with van der Waals surface area (Å²) < 4.78 is 31.9. The van der Waals surface area contributed by atoms with Gasteiger partial charge in [-0.25, -0.2) is 23.1 Å². The van der Waals surface area contributed by atoms with Gasteiger partial charge in [0.25, 0.3) is 0 Å². The lowest BCUT2D eigenvalue weighted by molar-refractivity contribution is 0.340. The minimum atomic E-state index is -3.41. The number of aromatic nitrogens is 2. The average Bonchev–Trinajstić information content (AvgIpc) is 2.54. The van der Waals surface area contributed by atoms with Crippen molar-refractivity contribution in [1.82, 2.24) is 14.7 Å². The Hall–Kier alpha value is -1.99. The van der Waals surface area contributed by atoms with Crippen LogP contribution >= 0.6 is 0 Å². The van der Waals surface area contributed by atoms with E-state index in [4.69, 9.17) is 4.74 Å². The Morgan fingerprint density at radius 1 is 1.17 bits per heavy atom. The third-order valence-electron chi connectivity index (χ3n) is 3.29. The first-order valence-corrected chi connectivity index (χ1v) is 9.10. The number of sulfonamides is 1. The van der Waals surface area contributed by atoms with Crippen LogP contribution in [0.3, 0.4) is 0 Å². The average molecular weight is 335 g/mol. The first-order valence-electron chi connectivity index (χ1n) is 7.45. The van der Waals surface area contributed by atoms with Gasteiger partial charge >= 0.3 is 0 Å². The van der Waals surface area contributed by atoms with E-state index in [0.29, 0.717) is 11.4 Å². The molecule has 0 fully saturated rings. The number of hydrogen-bond acceptors (Lipinski definition) is 5. The molecule has 1 aromatic heterocycles. The van der Waals surface area contributed by atoms with E-state index in [9.17, 15) is 8.42 Å². The Morgan fingerprint density at radius 2 is 1.91 bits per heavy atom. The number of benzene rings is 1. The standard InChI is InChI=1S/C16H21N3O3S/c1-3-14-4-6-16(7-5-14)22-8-9-23(20,21)19-11-15-10-13(2)17-12-18-15/h4-7,10,12,19H,3,8-9,11H2,1-2H3. The number of nitrogens with one attached hydrogen (secondary N) is 1. The summed E-state index contributed by atoms with van der Waals surface area (Å²) in [5.74, 6) is 0.566. The third-order valence-corrected chi connectivity index (χ3v) is 4.57. The molecule has 0 amide bonds. The Bertz CT molecular complexity index is 730. The molecule has 0 unspecified atom stereocenters. The third kappa shape index (κ3) is 5.96. The van der Waals surface area contributed by atoms with Gasteiger partial charge in [-0.2, -0.15) is 0 Å². The van der Waals surface area contributed by atoms with Gasteiger partial charge in [0.05, 0.1) is 18.0 Å². The normalized spacial score (nSPS) is 11.4. The molecule has 2 aromatic rings. The highest BCUT2D eigenvalue weighted by Gasteiger charge is 2.11.